The molecular weight excluding hydrogens is 483 g/mol. The van der Waals surface area contributed by atoms with Crippen LogP contribution in [-0.4, -0.2) is 74.7 Å². The standard InChI is InChI=1S/C17H27Cl3N2O5S2/c18-14(19)15(20)28-7-9(21)16(26)22-11-13(25)12(24)10(6-23)27-17(11)29-8-4-2-1-3-5-8/h8-13,17,23-25H,1-7,21H2,(H,22,26)/t9-,10+,11+,12+,13+,17+/m0/s1. The molecule has 1 saturated heterocycles. The Morgan fingerprint density at radius 2 is 1.83 bits per heavy atom. The number of nitrogens with two attached hydrogens (primary N) is 1. The van der Waals surface area contributed by atoms with Crippen LogP contribution >= 0.6 is 58.3 Å². The molecule has 0 unspecified atom stereocenters. The summed E-state index contributed by atoms with van der Waals surface area (Å²) in [6, 6.07) is -1.81. The van der Waals surface area contributed by atoms with Gasteiger partial charge in [0, 0.05) is 11.0 Å². The average Bonchev–Trinajstić information content (AvgIpc) is 2.71. The van der Waals surface area contributed by atoms with Crippen molar-refractivity contribution in [3.8, 4) is 0 Å². The quantitative estimate of drug-likeness (QED) is 0.336. The highest BCUT2D eigenvalue weighted by molar-refractivity contribution is 8.04. The first-order valence-corrected chi connectivity index (χ1v) is 12.5. The lowest BCUT2D eigenvalue weighted by Gasteiger charge is -2.43. The fraction of sp³-hybridized carbons (Fsp3) is 0.824. The van der Waals surface area contributed by atoms with Crippen molar-refractivity contribution in [1.29, 1.82) is 0 Å². The van der Waals surface area contributed by atoms with Gasteiger partial charge < -0.3 is 31.1 Å². The molecule has 29 heavy (non-hydrogen) atoms. The van der Waals surface area contributed by atoms with Gasteiger partial charge in [-0.05, 0) is 12.8 Å². The number of carbonyl (C=O) groups excluding carboxylic acids is 1. The molecule has 0 aromatic rings. The van der Waals surface area contributed by atoms with Gasteiger partial charge in [0.15, 0.2) is 0 Å². The Balaban J connectivity index is 2.03. The molecule has 2 rings (SSSR count). The van der Waals surface area contributed by atoms with Crippen molar-refractivity contribution in [1.82, 2.24) is 5.32 Å². The molecule has 6 N–H and O–H groups in total. The van der Waals surface area contributed by atoms with E-state index in [0.29, 0.717) is 5.25 Å². The molecule has 6 atom stereocenters. The third kappa shape index (κ3) is 7.59. The van der Waals surface area contributed by atoms with Crippen molar-refractivity contribution < 1.29 is 24.9 Å². The van der Waals surface area contributed by atoms with Crippen molar-refractivity contribution in [3.63, 3.8) is 0 Å². The molecule has 12 heteroatoms. The van der Waals surface area contributed by atoms with Gasteiger partial charge in [0.2, 0.25) is 5.91 Å². The Morgan fingerprint density at radius 1 is 1.17 bits per heavy atom. The minimum Gasteiger partial charge on any atom is -0.394 e. The molecule has 0 spiro atoms. The normalized spacial score (nSPS) is 31.9. The summed E-state index contributed by atoms with van der Waals surface area (Å²) in [4.78, 5) is 12.6. The maximum Gasteiger partial charge on any atom is 0.238 e. The first-order chi connectivity index (χ1) is 13.7. The molecular formula is C17H27Cl3N2O5S2. The van der Waals surface area contributed by atoms with Gasteiger partial charge in [-0.2, -0.15) is 0 Å². The first kappa shape index (κ1) is 25.8. The van der Waals surface area contributed by atoms with Gasteiger partial charge in [-0.25, -0.2) is 0 Å². The number of ether oxygens (including phenoxy) is 1. The molecule has 0 aromatic heterocycles. The van der Waals surface area contributed by atoms with Gasteiger partial charge in [-0.15, -0.1) is 23.5 Å². The van der Waals surface area contributed by atoms with Crippen molar-refractivity contribution in [2.24, 2.45) is 5.73 Å². The molecule has 1 saturated carbocycles. The monoisotopic (exact) mass is 508 g/mol. The molecule has 2 fully saturated rings. The Kier molecular flexibility index (Phi) is 11.2. The van der Waals surface area contributed by atoms with Crippen LogP contribution in [0.5, 0.6) is 0 Å². The summed E-state index contributed by atoms with van der Waals surface area (Å²) in [6.45, 7) is -0.430. The molecule has 7 nitrogen and oxygen atoms in total. The average molecular weight is 510 g/mol. The van der Waals surface area contributed by atoms with Crippen LogP contribution in [0.2, 0.25) is 0 Å². The van der Waals surface area contributed by atoms with Gasteiger partial charge in [0.1, 0.15) is 32.6 Å². The summed E-state index contributed by atoms with van der Waals surface area (Å²) in [5.74, 6) is -0.399. The molecule has 1 aliphatic heterocycles. The number of amides is 1. The van der Waals surface area contributed by atoms with E-state index >= 15 is 0 Å². The summed E-state index contributed by atoms with van der Waals surface area (Å²) in [5, 5.41) is 33.3. The summed E-state index contributed by atoms with van der Waals surface area (Å²) in [5.41, 5.74) is 5.30. The van der Waals surface area contributed by atoms with Gasteiger partial charge in [-0.1, -0.05) is 54.1 Å². The van der Waals surface area contributed by atoms with Crippen LogP contribution in [0.3, 0.4) is 0 Å². The van der Waals surface area contributed by atoms with Crippen molar-refractivity contribution in [3.05, 3.63) is 8.86 Å². The second kappa shape index (κ2) is 12.6. The number of aliphatic hydroxyl groups is 3. The fourth-order valence-corrected chi connectivity index (χ4v) is 6.00. The van der Waals surface area contributed by atoms with Gasteiger partial charge >= 0.3 is 0 Å². The lowest BCUT2D eigenvalue weighted by molar-refractivity contribution is -0.174. The SMILES string of the molecule is N[C@@H](CSC(Cl)=C(Cl)Cl)C(=O)N[C@@H]1[C@@H](O)[C@H](O)[C@@H](CO)O[C@@H]1SC1CCCCC1. The summed E-state index contributed by atoms with van der Waals surface area (Å²) in [7, 11) is 0. The number of halogens is 3. The third-order valence-corrected chi connectivity index (χ3v) is 8.77. The fourth-order valence-electron chi connectivity index (χ4n) is 3.31. The maximum absolute atomic E-state index is 12.6. The van der Waals surface area contributed by atoms with Crippen LogP contribution in [0.4, 0.5) is 0 Å². The van der Waals surface area contributed by atoms with Crippen LogP contribution in [0.25, 0.3) is 0 Å². The molecule has 168 valence electrons. The topological polar surface area (TPSA) is 125 Å². The number of aliphatic hydroxyl groups excluding tert-OH is 3. The van der Waals surface area contributed by atoms with Crippen molar-refractivity contribution in [2.45, 2.75) is 73.2 Å². The molecule has 1 amide bonds. The third-order valence-electron chi connectivity index (χ3n) is 4.94. The van der Waals surface area contributed by atoms with Crippen molar-refractivity contribution >= 4 is 64.2 Å². The highest BCUT2D eigenvalue weighted by Gasteiger charge is 2.46. The van der Waals surface area contributed by atoms with Crippen LogP contribution in [-0.2, 0) is 9.53 Å². The summed E-state index contributed by atoms with van der Waals surface area (Å²) >= 11 is 19.5. The van der Waals surface area contributed by atoms with E-state index < -0.39 is 48.3 Å². The zero-order chi connectivity index (χ0) is 21.6. The molecule has 0 aromatic carbocycles. The first-order valence-electron chi connectivity index (χ1n) is 9.42. The molecule has 0 radical (unpaired) electrons. The second-order valence-electron chi connectivity index (χ2n) is 7.09. The van der Waals surface area contributed by atoms with Gasteiger partial charge in [-0.3, -0.25) is 4.79 Å². The zero-order valence-corrected chi connectivity index (χ0v) is 19.6. The highest BCUT2D eigenvalue weighted by Crippen LogP contribution is 2.37. The lowest BCUT2D eigenvalue weighted by atomic mass is 9.98. The molecule has 1 heterocycles. The van der Waals surface area contributed by atoms with Crippen molar-refractivity contribution in [2.75, 3.05) is 12.4 Å². The van der Waals surface area contributed by atoms with Crippen LogP contribution < -0.4 is 11.1 Å². The van der Waals surface area contributed by atoms with E-state index in [2.05, 4.69) is 5.32 Å². The maximum atomic E-state index is 12.6. The Labute approximate surface area is 194 Å². The Bertz CT molecular complexity index is 579. The minimum absolute atomic E-state index is 0.109. The number of thioether (sulfide) groups is 2. The Morgan fingerprint density at radius 3 is 2.41 bits per heavy atom. The van der Waals surface area contributed by atoms with Gasteiger partial charge in [0.25, 0.3) is 0 Å². The molecule has 0 bridgehead atoms. The van der Waals surface area contributed by atoms with E-state index in [4.69, 9.17) is 45.3 Å². The number of hydrogen-bond acceptors (Lipinski definition) is 8. The smallest absolute Gasteiger partial charge is 0.238 e. The zero-order valence-electron chi connectivity index (χ0n) is 15.7. The summed E-state index contributed by atoms with van der Waals surface area (Å²) < 4.78 is 5.84. The lowest BCUT2D eigenvalue weighted by Crippen LogP contribution is -2.65. The van der Waals surface area contributed by atoms with Crippen LogP contribution in [0.1, 0.15) is 32.1 Å². The summed E-state index contributed by atoms with van der Waals surface area (Å²) in [6.07, 6.45) is 1.93. The minimum atomic E-state index is -1.33. The molecule has 2 aliphatic rings. The predicted octanol–water partition coefficient (Wildman–Crippen LogP) is 1.88. The van der Waals surface area contributed by atoms with Gasteiger partial charge in [0.05, 0.1) is 18.7 Å². The number of carbonyl (C=O) groups is 1. The van der Waals surface area contributed by atoms with Crippen LogP contribution in [0.15, 0.2) is 8.86 Å². The predicted molar refractivity (Wildman–Crippen MR) is 119 cm³/mol. The second-order valence-corrected chi connectivity index (χ2v) is 11.1. The number of hydrogen-bond donors (Lipinski definition) is 5. The Hall–Kier alpha value is 0.580. The van der Waals surface area contributed by atoms with E-state index in [0.717, 1.165) is 37.4 Å². The number of nitrogens with one attached hydrogen (secondary N) is 1. The van der Waals surface area contributed by atoms with E-state index in [1.54, 1.807) is 0 Å². The van der Waals surface area contributed by atoms with E-state index in [1.165, 1.54) is 18.2 Å². The highest BCUT2D eigenvalue weighted by atomic mass is 35.5. The number of rotatable bonds is 8. The molecule has 1 aliphatic carbocycles. The largest absolute Gasteiger partial charge is 0.394 e. The van der Waals surface area contributed by atoms with E-state index in [1.807, 2.05) is 0 Å². The van der Waals surface area contributed by atoms with E-state index in [-0.39, 0.29) is 14.6 Å². The van der Waals surface area contributed by atoms with Crippen LogP contribution in [0, 0.1) is 0 Å². The van der Waals surface area contributed by atoms with E-state index in [9.17, 15) is 20.1 Å².